The number of hydrogen-bond acceptors (Lipinski definition) is 3. The van der Waals surface area contributed by atoms with Gasteiger partial charge in [-0.2, -0.15) is 0 Å². The average molecular weight is 379 g/mol. The number of nitrogens with two attached hydrogens (primary N) is 2. The maximum absolute atomic E-state index is 5.36. The molecule has 6 heteroatoms. The van der Waals surface area contributed by atoms with Crippen LogP contribution >= 0.6 is 24.0 Å². The molecule has 0 fully saturated rings. The first-order chi connectivity index (χ1) is 8.40. The third-order valence-electron chi connectivity index (χ3n) is 2.82. The third kappa shape index (κ3) is 4.77. The highest BCUT2D eigenvalue weighted by Crippen LogP contribution is 2.33. The summed E-state index contributed by atoms with van der Waals surface area (Å²) in [6.07, 6.45) is 0. The maximum atomic E-state index is 5.36. The topological polar surface area (TPSA) is 82.9 Å². The first kappa shape index (κ1) is 17.8. The van der Waals surface area contributed by atoms with Gasteiger partial charge in [0.1, 0.15) is 0 Å². The van der Waals surface area contributed by atoms with E-state index in [9.17, 15) is 0 Å². The van der Waals surface area contributed by atoms with Crippen molar-refractivity contribution in [2.45, 2.75) is 19.3 Å². The van der Waals surface area contributed by atoms with Crippen LogP contribution in [0.4, 0.5) is 0 Å². The van der Waals surface area contributed by atoms with Crippen LogP contribution in [0.15, 0.2) is 23.2 Å². The Balaban J connectivity index is 0.00000324. The van der Waals surface area contributed by atoms with Crippen molar-refractivity contribution in [1.29, 1.82) is 0 Å². The van der Waals surface area contributed by atoms with E-state index in [2.05, 4.69) is 18.8 Å². The number of nitrogens with zero attached hydrogens (tertiary/aromatic N) is 1. The van der Waals surface area contributed by atoms with Crippen LogP contribution in [0.25, 0.3) is 0 Å². The smallest absolute Gasteiger partial charge is 0.185 e. The van der Waals surface area contributed by atoms with Crippen LogP contribution in [0.2, 0.25) is 0 Å². The molecule has 0 spiro atoms. The van der Waals surface area contributed by atoms with Crippen molar-refractivity contribution in [3.63, 3.8) is 0 Å². The second kappa shape index (κ2) is 7.42. The van der Waals surface area contributed by atoms with Gasteiger partial charge in [-0.05, 0) is 17.7 Å². The minimum Gasteiger partial charge on any atom is -0.493 e. The predicted molar refractivity (Wildman–Crippen MR) is 88.7 cm³/mol. The molecule has 0 unspecified atom stereocenters. The fourth-order valence-electron chi connectivity index (χ4n) is 1.64. The number of rotatable bonds is 5. The molecule has 1 aromatic rings. The van der Waals surface area contributed by atoms with Crippen molar-refractivity contribution in [1.82, 2.24) is 0 Å². The van der Waals surface area contributed by atoms with Crippen LogP contribution in [-0.4, -0.2) is 26.7 Å². The predicted octanol–water partition coefficient (Wildman–Crippen LogP) is 1.87. The molecule has 0 heterocycles. The van der Waals surface area contributed by atoms with Crippen LogP contribution in [0.5, 0.6) is 11.5 Å². The van der Waals surface area contributed by atoms with Gasteiger partial charge in [0.15, 0.2) is 17.5 Å². The molecule has 0 aliphatic heterocycles. The summed E-state index contributed by atoms with van der Waals surface area (Å²) in [6, 6.07) is 5.82. The number of ether oxygens (including phenoxy) is 2. The zero-order valence-corrected chi connectivity index (χ0v) is 14.1. The summed E-state index contributed by atoms with van der Waals surface area (Å²) in [4.78, 5) is 4.07. The maximum Gasteiger partial charge on any atom is 0.185 e. The van der Waals surface area contributed by atoms with E-state index in [0.717, 1.165) is 5.56 Å². The van der Waals surface area contributed by atoms with Gasteiger partial charge >= 0.3 is 0 Å². The molecule has 0 atom stereocenters. The second-order valence-electron chi connectivity index (χ2n) is 4.69. The lowest BCUT2D eigenvalue weighted by molar-refractivity contribution is 0.353. The van der Waals surface area contributed by atoms with Crippen LogP contribution in [0.3, 0.4) is 0 Å². The largest absolute Gasteiger partial charge is 0.493 e. The number of methoxy groups -OCH3 is 2. The molecule has 0 radical (unpaired) electrons. The summed E-state index contributed by atoms with van der Waals surface area (Å²) in [7, 11) is 3.23. The van der Waals surface area contributed by atoms with Crippen molar-refractivity contribution < 1.29 is 9.47 Å². The molecule has 0 saturated carbocycles. The Hall–Kier alpha value is -1.18. The summed E-state index contributed by atoms with van der Waals surface area (Å²) < 4.78 is 10.5. The highest BCUT2D eigenvalue weighted by molar-refractivity contribution is 14.0. The van der Waals surface area contributed by atoms with Gasteiger partial charge in [0.25, 0.3) is 0 Å². The Morgan fingerprint density at radius 3 is 2.21 bits per heavy atom. The van der Waals surface area contributed by atoms with Crippen LogP contribution in [0, 0.1) is 0 Å². The van der Waals surface area contributed by atoms with E-state index < -0.39 is 0 Å². The van der Waals surface area contributed by atoms with E-state index in [1.54, 1.807) is 14.2 Å². The van der Waals surface area contributed by atoms with E-state index >= 15 is 0 Å². The first-order valence-corrected chi connectivity index (χ1v) is 5.68. The van der Waals surface area contributed by atoms with Gasteiger partial charge in [0.05, 0.1) is 20.8 Å². The van der Waals surface area contributed by atoms with Gasteiger partial charge in [-0.15, -0.1) is 24.0 Å². The van der Waals surface area contributed by atoms with Crippen molar-refractivity contribution in [3.8, 4) is 11.5 Å². The van der Waals surface area contributed by atoms with Crippen LogP contribution in [0.1, 0.15) is 19.4 Å². The van der Waals surface area contributed by atoms with Crippen molar-refractivity contribution in [2.24, 2.45) is 16.5 Å². The molecule has 0 bridgehead atoms. The molecule has 19 heavy (non-hydrogen) atoms. The summed E-state index contributed by atoms with van der Waals surface area (Å²) in [5, 5.41) is 0. The zero-order valence-electron chi connectivity index (χ0n) is 11.8. The lowest BCUT2D eigenvalue weighted by Crippen LogP contribution is -2.28. The van der Waals surface area contributed by atoms with Gasteiger partial charge in [0, 0.05) is 5.41 Å². The van der Waals surface area contributed by atoms with Gasteiger partial charge in [0.2, 0.25) is 0 Å². The number of aliphatic imine (C=N–C) groups is 1. The lowest BCUT2D eigenvalue weighted by Gasteiger charge is -2.24. The Morgan fingerprint density at radius 1 is 1.16 bits per heavy atom. The quantitative estimate of drug-likeness (QED) is 0.465. The standard InChI is InChI=1S/C13H21N3O2.HI/c1-13(2,8-16-12(14)15)9-5-6-10(17-3)11(7-9)18-4;/h5-7H,8H2,1-4H3,(H4,14,15,16);1H. The monoisotopic (exact) mass is 379 g/mol. The Bertz CT molecular complexity index is 444. The Labute approximate surface area is 131 Å². The van der Waals surface area contributed by atoms with Gasteiger partial charge in [-0.25, -0.2) is 0 Å². The lowest BCUT2D eigenvalue weighted by atomic mass is 9.84. The molecule has 0 amide bonds. The van der Waals surface area contributed by atoms with Crippen LogP contribution < -0.4 is 20.9 Å². The molecule has 0 aliphatic carbocycles. The zero-order chi connectivity index (χ0) is 13.8. The molecule has 1 rings (SSSR count). The van der Waals surface area contributed by atoms with Gasteiger partial charge < -0.3 is 20.9 Å². The summed E-state index contributed by atoms with van der Waals surface area (Å²) in [5.41, 5.74) is 11.6. The fourth-order valence-corrected chi connectivity index (χ4v) is 1.64. The summed E-state index contributed by atoms with van der Waals surface area (Å²) in [5.74, 6) is 1.51. The molecule has 0 aromatic heterocycles. The molecule has 0 saturated heterocycles. The van der Waals surface area contributed by atoms with Gasteiger partial charge in [-0.1, -0.05) is 19.9 Å². The normalized spacial score (nSPS) is 10.3. The molecule has 4 N–H and O–H groups in total. The highest BCUT2D eigenvalue weighted by atomic mass is 127. The number of halogens is 1. The van der Waals surface area contributed by atoms with E-state index in [1.165, 1.54) is 0 Å². The first-order valence-electron chi connectivity index (χ1n) is 5.68. The Kier molecular flexibility index (Phi) is 6.96. The third-order valence-corrected chi connectivity index (χ3v) is 2.82. The minimum atomic E-state index is -0.177. The van der Waals surface area contributed by atoms with Crippen molar-refractivity contribution >= 4 is 29.9 Å². The highest BCUT2D eigenvalue weighted by Gasteiger charge is 2.22. The number of guanidine groups is 1. The van der Waals surface area contributed by atoms with E-state index in [-0.39, 0.29) is 35.4 Å². The molecule has 1 aromatic carbocycles. The van der Waals surface area contributed by atoms with Crippen LogP contribution in [-0.2, 0) is 5.41 Å². The number of benzene rings is 1. The number of hydrogen-bond donors (Lipinski definition) is 2. The molecule has 0 aliphatic rings. The molecular weight excluding hydrogens is 357 g/mol. The summed E-state index contributed by atoms with van der Waals surface area (Å²) >= 11 is 0. The van der Waals surface area contributed by atoms with Crippen molar-refractivity contribution in [2.75, 3.05) is 20.8 Å². The minimum absolute atomic E-state index is 0. The second-order valence-corrected chi connectivity index (χ2v) is 4.69. The average Bonchev–Trinajstić information content (AvgIpc) is 2.35. The summed E-state index contributed by atoms with van der Waals surface area (Å²) in [6.45, 7) is 4.66. The van der Waals surface area contributed by atoms with Crippen molar-refractivity contribution in [3.05, 3.63) is 23.8 Å². The van der Waals surface area contributed by atoms with E-state index in [4.69, 9.17) is 20.9 Å². The van der Waals surface area contributed by atoms with E-state index in [1.807, 2.05) is 18.2 Å². The molecular formula is C13H22IN3O2. The van der Waals surface area contributed by atoms with E-state index in [0.29, 0.717) is 18.0 Å². The SMILES string of the molecule is COc1ccc(C(C)(C)CN=C(N)N)cc1OC.I. The Morgan fingerprint density at radius 2 is 1.74 bits per heavy atom. The molecule has 108 valence electrons. The fraction of sp³-hybridized carbons (Fsp3) is 0.462. The molecule has 5 nitrogen and oxygen atoms in total. The van der Waals surface area contributed by atoms with Gasteiger partial charge in [-0.3, -0.25) is 4.99 Å².